The van der Waals surface area contributed by atoms with E-state index < -0.39 is 12.1 Å². The highest BCUT2D eigenvalue weighted by atomic mass is 16.4. The Bertz CT molecular complexity index is 1290. The Hall–Kier alpha value is -4.38. The van der Waals surface area contributed by atoms with Gasteiger partial charge in [0.2, 0.25) is 0 Å². The molecular weight excluding hydrogens is 412 g/mol. The number of carbonyl (C=O) groups is 2. The van der Waals surface area contributed by atoms with Crippen molar-refractivity contribution >= 4 is 23.3 Å². The third kappa shape index (κ3) is 3.85. The van der Waals surface area contributed by atoms with Crippen molar-refractivity contribution in [1.82, 2.24) is 0 Å². The summed E-state index contributed by atoms with van der Waals surface area (Å²) in [4.78, 5) is 29.2. The summed E-state index contributed by atoms with van der Waals surface area (Å²) >= 11 is 0. The quantitative estimate of drug-likeness (QED) is 0.434. The molecule has 0 aliphatic carbocycles. The second-order valence-corrected chi connectivity index (χ2v) is 7.94. The summed E-state index contributed by atoms with van der Waals surface area (Å²) in [6.45, 7) is 0.583. The normalized spacial score (nSPS) is 15.3. The Balaban J connectivity index is 1.71. The summed E-state index contributed by atoms with van der Waals surface area (Å²) < 4.78 is 0. The SMILES string of the molecule is O=C(O)c1ccc([C@H]2N(Cc3ccccc3)c3ccccc3C(=O)N2c2ccccc2)cc1. The third-order valence-electron chi connectivity index (χ3n) is 5.89. The first-order valence-corrected chi connectivity index (χ1v) is 10.7. The van der Waals surface area contributed by atoms with Crippen LogP contribution in [0.5, 0.6) is 0 Å². The number of rotatable bonds is 5. The number of benzene rings is 4. The van der Waals surface area contributed by atoms with Crippen LogP contribution in [0, 0.1) is 0 Å². The monoisotopic (exact) mass is 434 g/mol. The lowest BCUT2D eigenvalue weighted by molar-refractivity contribution is 0.0696. The van der Waals surface area contributed by atoms with Gasteiger partial charge in [-0.2, -0.15) is 0 Å². The highest BCUT2D eigenvalue weighted by Crippen LogP contribution is 2.42. The Morgan fingerprint density at radius 3 is 2.03 bits per heavy atom. The zero-order valence-electron chi connectivity index (χ0n) is 17.8. The Kier molecular flexibility index (Phi) is 5.37. The van der Waals surface area contributed by atoms with E-state index in [4.69, 9.17) is 0 Å². The molecule has 1 atom stereocenters. The highest BCUT2D eigenvalue weighted by Gasteiger charge is 2.39. The maximum atomic E-state index is 13.8. The Morgan fingerprint density at radius 1 is 0.758 bits per heavy atom. The van der Waals surface area contributed by atoms with Crippen LogP contribution < -0.4 is 9.80 Å². The van der Waals surface area contributed by atoms with Gasteiger partial charge in [-0.05, 0) is 47.5 Å². The largest absolute Gasteiger partial charge is 0.478 e. The maximum absolute atomic E-state index is 13.8. The van der Waals surface area contributed by atoms with Crippen LogP contribution in [0.4, 0.5) is 11.4 Å². The zero-order valence-corrected chi connectivity index (χ0v) is 17.8. The minimum Gasteiger partial charge on any atom is -0.478 e. The summed E-state index contributed by atoms with van der Waals surface area (Å²) in [6, 6.07) is 34.1. The molecule has 162 valence electrons. The number of hydrogen-bond donors (Lipinski definition) is 1. The predicted octanol–water partition coefficient (Wildman–Crippen LogP) is 5.75. The van der Waals surface area contributed by atoms with Crippen molar-refractivity contribution in [2.45, 2.75) is 12.7 Å². The van der Waals surface area contributed by atoms with Crippen LogP contribution in [-0.2, 0) is 6.54 Å². The molecule has 4 aromatic rings. The van der Waals surface area contributed by atoms with Crippen LogP contribution in [0.15, 0.2) is 109 Å². The predicted molar refractivity (Wildman–Crippen MR) is 128 cm³/mol. The van der Waals surface area contributed by atoms with Crippen molar-refractivity contribution < 1.29 is 14.7 Å². The van der Waals surface area contributed by atoms with Crippen LogP contribution in [0.25, 0.3) is 0 Å². The first-order valence-electron chi connectivity index (χ1n) is 10.7. The molecule has 0 saturated carbocycles. The van der Waals surface area contributed by atoms with Gasteiger partial charge >= 0.3 is 5.97 Å². The molecule has 1 aliphatic rings. The lowest BCUT2D eigenvalue weighted by atomic mass is 9.98. The molecule has 0 bridgehead atoms. The van der Waals surface area contributed by atoms with Gasteiger partial charge in [-0.15, -0.1) is 0 Å². The van der Waals surface area contributed by atoms with E-state index in [2.05, 4.69) is 17.0 Å². The molecule has 0 unspecified atom stereocenters. The average Bonchev–Trinajstić information content (AvgIpc) is 2.87. The number of anilines is 2. The molecule has 5 rings (SSSR count). The molecule has 4 aromatic carbocycles. The summed E-state index contributed by atoms with van der Waals surface area (Å²) in [7, 11) is 0. The Morgan fingerprint density at radius 2 is 1.36 bits per heavy atom. The van der Waals surface area contributed by atoms with Crippen molar-refractivity contribution in [3.63, 3.8) is 0 Å². The second-order valence-electron chi connectivity index (χ2n) is 7.94. The molecule has 0 radical (unpaired) electrons. The van der Waals surface area contributed by atoms with E-state index in [1.54, 1.807) is 29.2 Å². The first kappa shape index (κ1) is 20.5. The van der Waals surface area contributed by atoms with Crippen LogP contribution in [-0.4, -0.2) is 17.0 Å². The third-order valence-corrected chi connectivity index (χ3v) is 5.89. The standard InChI is InChI=1S/C28H22N2O3/c31-27-24-13-7-8-14-25(24)29(19-20-9-3-1-4-10-20)26(30(27)23-11-5-2-6-12-23)21-15-17-22(18-16-21)28(32)33/h1-18,26H,19H2,(H,32,33)/t26-/m0/s1. The van der Waals surface area contributed by atoms with E-state index >= 15 is 0 Å². The number of para-hydroxylation sites is 2. The van der Waals surface area contributed by atoms with Gasteiger partial charge in [-0.25, -0.2) is 4.79 Å². The van der Waals surface area contributed by atoms with Crippen LogP contribution in [0.2, 0.25) is 0 Å². The van der Waals surface area contributed by atoms with E-state index in [0.29, 0.717) is 12.1 Å². The fourth-order valence-corrected chi connectivity index (χ4v) is 4.34. The van der Waals surface area contributed by atoms with Crippen LogP contribution in [0.3, 0.4) is 0 Å². The number of carbonyl (C=O) groups excluding carboxylic acids is 1. The topological polar surface area (TPSA) is 60.9 Å². The van der Waals surface area contributed by atoms with E-state index in [1.807, 2.05) is 72.8 Å². The van der Waals surface area contributed by atoms with Gasteiger partial charge in [0.05, 0.1) is 16.8 Å². The van der Waals surface area contributed by atoms with Gasteiger partial charge in [0.25, 0.3) is 5.91 Å². The van der Waals surface area contributed by atoms with Crippen LogP contribution >= 0.6 is 0 Å². The minimum absolute atomic E-state index is 0.0894. The summed E-state index contributed by atoms with van der Waals surface area (Å²) in [6.07, 6.45) is -0.446. The highest BCUT2D eigenvalue weighted by molar-refractivity contribution is 6.12. The van der Waals surface area contributed by atoms with Gasteiger partial charge in [0.1, 0.15) is 6.17 Å². The van der Waals surface area contributed by atoms with Crippen molar-refractivity contribution in [2.75, 3.05) is 9.80 Å². The molecule has 1 heterocycles. The Labute approximate surface area is 192 Å². The number of hydrogen-bond acceptors (Lipinski definition) is 3. The molecule has 0 fully saturated rings. The fourth-order valence-electron chi connectivity index (χ4n) is 4.34. The minimum atomic E-state index is -0.979. The molecule has 0 saturated heterocycles. The van der Waals surface area contributed by atoms with Gasteiger partial charge in [0, 0.05) is 12.2 Å². The fraction of sp³-hybridized carbons (Fsp3) is 0.0714. The second kappa shape index (κ2) is 8.63. The summed E-state index contributed by atoms with van der Waals surface area (Å²) in [5, 5.41) is 9.36. The lowest BCUT2D eigenvalue weighted by Gasteiger charge is -2.46. The van der Waals surface area contributed by atoms with Crippen molar-refractivity contribution in [3.05, 3.63) is 131 Å². The number of aromatic carboxylic acids is 1. The number of carboxylic acid groups (broad SMARTS) is 1. The molecule has 5 nitrogen and oxygen atoms in total. The maximum Gasteiger partial charge on any atom is 0.335 e. The van der Waals surface area contributed by atoms with E-state index in [0.717, 1.165) is 22.5 Å². The smallest absolute Gasteiger partial charge is 0.335 e. The van der Waals surface area contributed by atoms with E-state index in [-0.39, 0.29) is 11.5 Å². The van der Waals surface area contributed by atoms with Gasteiger partial charge in [0.15, 0.2) is 0 Å². The number of carboxylic acids is 1. The molecule has 1 amide bonds. The van der Waals surface area contributed by atoms with Gasteiger partial charge in [-0.1, -0.05) is 72.8 Å². The van der Waals surface area contributed by atoms with Gasteiger partial charge < -0.3 is 10.0 Å². The molecule has 5 heteroatoms. The molecule has 33 heavy (non-hydrogen) atoms. The average molecular weight is 434 g/mol. The molecule has 1 aliphatic heterocycles. The molecule has 0 aromatic heterocycles. The zero-order chi connectivity index (χ0) is 22.8. The van der Waals surface area contributed by atoms with Crippen molar-refractivity contribution in [1.29, 1.82) is 0 Å². The van der Waals surface area contributed by atoms with E-state index in [9.17, 15) is 14.7 Å². The van der Waals surface area contributed by atoms with E-state index in [1.165, 1.54) is 0 Å². The van der Waals surface area contributed by atoms with Gasteiger partial charge in [-0.3, -0.25) is 9.69 Å². The first-order chi connectivity index (χ1) is 16.1. The molecule has 0 spiro atoms. The summed E-state index contributed by atoms with van der Waals surface area (Å²) in [5.41, 5.74) is 4.43. The summed E-state index contributed by atoms with van der Waals surface area (Å²) in [5.74, 6) is -1.07. The van der Waals surface area contributed by atoms with Crippen molar-refractivity contribution in [2.24, 2.45) is 0 Å². The number of amides is 1. The number of fused-ring (bicyclic) bond motifs is 1. The lowest BCUT2D eigenvalue weighted by Crippen LogP contribution is -2.49. The van der Waals surface area contributed by atoms with Crippen molar-refractivity contribution in [3.8, 4) is 0 Å². The van der Waals surface area contributed by atoms with Crippen LogP contribution in [0.1, 0.15) is 38.0 Å². The number of nitrogens with zero attached hydrogens (tertiary/aromatic N) is 2. The molecule has 1 N–H and O–H groups in total. The molecular formula is C28H22N2O3.